The van der Waals surface area contributed by atoms with Crippen molar-refractivity contribution in [2.45, 2.75) is 10.4 Å². The molecule has 0 bridgehead atoms. The minimum absolute atomic E-state index is 0.0359. The van der Waals surface area contributed by atoms with E-state index in [4.69, 9.17) is 11.6 Å². The highest BCUT2D eigenvalue weighted by atomic mass is 35.5. The minimum atomic E-state index is -4.30. The normalized spacial score (nSPS) is 11.7. The molecule has 0 aliphatic heterocycles. The summed E-state index contributed by atoms with van der Waals surface area (Å²) in [6.45, 7) is 0. The Morgan fingerprint density at radius 1 is 1.50 bits per heavy atom. The molecule has 1 rings (SSSR count). The first kappa shape index (κ1) is 9.67. The summed E-state index contributed by atoms with van der Waals surface area (Å²) in [5, 5.41) is 0.0734. The van der Waals surface area contributed by atoms with Gasteiger partial charge in [0.05, 0.1) is 5.02 Å². The topological polar surface area (TPSA) is 12.9 Å². The van der Waals surface area contributed by atoms with Crippen LogP contribution in [0.15, 0.2) is 17.2 Å². The number of halogens is 4. The molecule has 1 heterocycles. The number of rotatable bonds is 1. The molecule has 1 aromatic heterocycles. The largest absolute Gasteiger partial charge is 0.446 e. The Morgan fingerprint density at radius 2 is 2.17 bits per heavy atom. The molecule has 0 N–H and O–H groups in total. The Hall–Kier alpha value is -0.420. The van der Waals surface area contributed by atoms with Gasteiger partial charge in [0.25, 0.3) is 0 Å². The average Bonchev–Trinajstić information content (AvgIpc) is 1.82. The van der Waals surface area contributed by atoms with Crippen molar-refractivity contribution in [2.24, 2.45) is 0 Å². The first-order valence-corrected chi connectivity index (χ1v) is 3.96. The predicted octanol–water partition coefficient (Wildman–Crippen LogP) is 3.15. The van der Waals surface area contributed by atoms with Gasteiger partial charge in [0.1, 0.15) is 6.20 Å². The maximum atomic E-state index is 11.8. The fraction of sp³-hybridized carbons (Fsp3) is 0.167. The lowest BCUT2D eigenvalue weighted by Crippen LogP contribution is -1.98. The number of hydrogen-bond donors (Lipinski definition) is 0. The third-order valence-electron chi connectivity index (χ3n) is 0.866. The van der Waals surface area contributed by atoms with E-state index in [-0.39, 0.29) is 21.7 Å². The van der Waals surface area contributed by atoms with E-state index in [1.54, 1.807) is 0 Å². The van der Waals surface area contributed by atoms with Crippen molar-refractivity contribution >= 4 is 23.4 Å². The number of hydrogen-bond acceptors (Lipinski definition) is 2. The van der Waals surface area contributed by atoms with Gasteiger partial charge in [-0.2, -0.15) is 13.2 Å². The summed E-state index contributed by atoms with van der Waals surface area (Å²) in [6, 6.07) is 1.16. The van der Waals surface area contributed by atoms with Gasteiger partial charge >= 0.3 is 5.51 Å². The van der Waals surface area contributed by atoms with Gasteiger partial charge in [0.2, 0.25) is 0 Å². The molecular weight excluding hydrogens is 211 g/mol. The summed E-state index contributed by atoms with van der Waals surface area (Å²) in [5.74, 6) is 0. The van der Waals surface area contributed by atoms with Gasteiger partial charge < -0.3 is 0 Å². The molecule has 0 atom stereocenters. The maximum absolute atomic E-state index is 11.8. The molecule has 0 spiro atoms. The van der Waals surface area contributed by atoms with Crippen LogP contribution in [0.1, 0.15) is 0 Å². The molecule has 1 nitrogen and oxygen atoms in total. The maximum Gasteiger partial charge on any atom is 0.446 e. The molecular formula is C6H2ClF3NS. The second kappa shape index (κ2) is 3.53. The van der Waals surface area contributed by atoms with Crippen molar-refractivity contribution in [3.8, 4) is 0 Å². The first-order valence-electron chi connectivity index (χ1n) is 2.76. The lowest BCUT2D eigenvalue weighted by molar-refractivity contribution is -0.0328. The molecule has 0 fully saturated rings. The molecule has 6 heteroatoms. The zero-order chi connectivity index (χ0) is 9.19. The summed E-state index contributed by atoms with van der Waals surface area (Å²) in [7, 11) is 0. The third-order valence-corrected chi connectivity index (χ3v) is 1.75. The lowest BCUT2D eigenvalue weighted by Gasteiger charge is -2.03. The summed E-state index contributed by atoms with van der Waals surface area (Å²) in [4.78, 5) is 3.35. The number of aromatic nitrogens is 1. The van der Waals surface area contributed by atoms with Gasteiger partial charge in [-0.1, -0.05) is 11.6 Å². The summed E-state index contributed by atoms with van der Waals surface area (Å²) >= 11 is 5.12. The second-order valence-electron chi connectivity index (χ2n) is 1.81. The van der Waals surface area contributed by atoms with Crippen molar-refractivity contribution < 1.29 is 13.2 Å². The van der Waals surface area contributed by atoms with E-state index in [0.29, 0.717) is 0 Å². The fourth-order valence-electron chi connectivity index (χ4n) is 0.541. The Labute approximate surface area is 75.9 Å². The highest BCUT2D eigenvalue weighted by Gasteiger charge is 2.29. The van der Waals surface area contributed by atoms with E-state index in [1.807, 2.05) is 0 Å². The van der Waals surface area contributed by atoms with Crippen LogP contribution >= 0.6 is 23.4 Å². The van der Waals surface area contributed by atoms with Crippen molar-refractivity contribution in [1.29, 1.82) is 0 Å². The summed E-state index contributed by atoms with van der Waals surface area (Å²) < 4.78 is 35.3. The molecule has 0 saturated carbocycles. The van der Waals surface area contributed by atoms with Crippen LogP contribution < -0.4 is 0 Å². The average molecular weight is 213 g/mol. The summed E-state index contributed by atoms with van der Waals surface area (Å²) in [6.07, 6.45) is 3.35. The first-order chi connectivity index (χ1) is 5.47. The van der Waals surface area contributed by atoms with Crippen LogP contribution in [0, 0.1) is 6.20 Å². The molecule has 0 unspecified atom stereocenters. The molecule has 0 aromatic carbocycles. The minimum Gasteiger partial charge on any atom is -0.252 e. The Bertz CT molecular complexity index is 276. The Balaban J connectivity index is 2.77. The zero-order valence-corrected chi connectivity index (χ0v) is 7.09. The van der Waals surface area contributed by atoms with Crippen molar-refractivity contribution in [1.82, 2.24) is 4.98 Å². The molecule has 0 amide bonds. The number of thioether (sulfide) groups is 1. The van der Waals surface area contributed by atoms with Gasteiger partial charge in [0, 0.05) is 11.1 Å². The molecule has 0 aliphatic rings. The zero-order valence-electron chi connectivity index (χ0n) is 5.52. The van der Waals surface area contributed by atoms with Gasteiger partial charge in [-0.3, -0.25) is 4.98 Å². The molecule has 0 aliphatic carbocycles. The van der Waals surface area contributed by atoms with Crippen LogP contribution in [-0.2, 0) is 0 Å². The van der Waals surface area contributed by atoms with E-state index < -0.39 is 5.51 Å². The van der Waals surface area contributed by atoms with E-state index >= 15 is 0 Å². The molecule has 0 saturated heterocycles. The standard InChI is InChI=1S/C6H2ClF3NS/c7-4-1-5(3-11-2-4)12-6(8,9)10/h1,3H. The smallest absolute Gasteiger partial charge is 0.252 e. The van der Waals surface area contributed by atoms with Crippen molar-refractivity contribution in [3.05, 3.63) is 23.5 Å². The second-order valence-corrected chi connectivity index (χ2v) is 3.36. The third kappa shape index (κ3) is 3.32. The van der Waals surface area contributed by atoms with Crippen LogP contribution in [0.4, 0.5) is 13.2 Å². The monoisotopic (exact) mass is 212 g/mol. The lowest BCUT2D eigenvalue weighted by atomic mass is 10.5. The van der Waals surface area contributed by atoms with Crippen molar-refractivity contribution in [2.75, 3.05) is 0 Å². The van der Waals surface area contributed by atoms with E-state index in [0.717, 1.165) is 12.3 Å². The molecule has 65 valence electrons. The Kier molecular flexibility index (Phi) is 2.85. The van der Waals surface area contributed by atoms with Gasteiger partial charge in [-0.05, 0) is 17.8 Å². The van der Waals surface area contributed by atoms with Crippen LogP contribution in [0.25, 0.3) is 0 Å². The van der Waals surface area contributed by atoms with Gasteiger partial charge in [0.15, 0.2) is 0 Å². The van der Waals surface area contributed by atoms with E-state index in [1.165, 1.54) is 0 Å². The van der Waals surface area contributed by atoms with Gasteiger partial charge in [-0.25, -0.2) is 0 Å². The molecule has 12 heavy (non-hydrogen) atoms. The van der Waals surface area contributed by atoms with Crippen molar-refractivity contribution in [3.63, 3.8) is 0 Å². The SMILES string of the molecule is FC(F)(F)Sc1cn[c]c(Cl)c1. The quantitative estimate of drug-likeness (QED) is 0.664. The number of nitrogens with zero attached hydrogens (tertiary/aromatic N) is 1. The molecule has 1 aromatic rings. The number of alkyl halides is 3. The highest BCUT2D eigenvalue weighted by Crippen LogP contribution is 2.36. The number of pyridine rings is 1. The van der Waals surface area contributed by atoms with Crippen LogP contribution in [0.2, 0.25) is 5.02 Å². The highest BCUT2D eigenvalue weighted by molar-refractivity contribution is 8.00. The predicted molar refractivity (Wildman–Crippen MR) is 40.0 cm³/mol. The van der Waals surface area contributed by atoms with E-state index in [2.05, 4.69) is 11.2 Å². The van der Waals surface area contributed by atoms with Gasteiger partial charge in [-0.15, -0.1) is 0 Å². The van der Waals surface area contributed by atoms with Crippen LogP contribution in [-0.4, -0.2) is 10.5 Å². The van der Waals surface area contributed by atoms with E-state index in [9.17, 15) is 13.2 Å². The Morgan fingerprint density at radius 3 is 2.67 bits per heavy atom. The van der Waals surface area contributed by atoms with Crippen LogP contribution in [0.3, 0.4) is 0 Å². The molecule has 1 radical (unpaired) electrons. The van der Waals surface area contributed by atoms with Crippen LogP contribution in [0.5, 0.6) is 0 Å². The fourth-order valence-corrected chi connectivity index (χ4v) is 1.32. The summed E-state index contributed by atoms with van der Waals surface area (Å²) in [5.41, 5.74) is -4.30.